The van der Waals surface area contributed by atoms with Crippen LogP contribution in [0.15, 0.2) is 36.4 Å². The number of nitrogens with zero attached hydrogens (tertiary/aromatic N) is 1. The second kappa shape index (κ2) is 7.53. The van der Waals surface area contributed by atoms with Crippen molar-refractivity contribution >= 4 is 73.1 Å². The normalized spacial score (nSPS) is 10.5. The molecule has 128 valence electrons. The molecule has 0 radical (unpaired) electrons. The standard InChI is InChI=1S/C16H11Cl2N3O2S2/c1-23-10-5-3-2-4-8(10)14(22)20-15(24)21-16-19-13-11(25-16)7-6-9(17)12(13)18/h2-7H,1H3,(H2,19,20,21,22,24). The van der Waals surface area contributed by atoms with E-state index in [1.165, 1.54) is 18.4 Å². The third kappa shape index (κ3) is 3.85. The zero-order chi connectivity index (χ0) is 18.0. The molecule has 0 aliphatic rings. The molecule has 9 heteroatoms. The van der Waals surface area contributed by atoms with Gasteiger partial charge in [0.1, 0.15) is 11.3 Å². The van der Waals surface area contributed by atoms with Crippen molar-refractivity contribution in [3.05, 3.63) is 52.0 Å². The number of anilines is 1. The molecule has 1 amide bonds. The summed E-state index contributed by atoms with van der Waals surface area (Å²) in [5.74, 6) is 0.0846. The van der Waals surface area contributed by atoms with Crippen LogP contribution >= 0.6 is 46.8 Å². The van der Waals surface area contributed by atoms with Gasteiger partial charge in [-0.2, -0.15) is 0 Å². The average molecular weight is 412 g/mol. The fourth-order valence-corrected chi connectivity index (χ4v) is 3.67. The summed E-state index contributed by atoms with van der Waals surface area (Å²) >= 11 is 18.7. The lowest BCUT2D eigenvalue weighted by Crippen LogP contribution is -2.34. The molecule has 2 aromatic carbocycles. The Morgan fingerprint density at radius 1 is 1.24 bits per heavy atom. The maximum absolute atomic E-state index is 12.3. The summed E-state index contributed by atoms with van der Waals surface area (Å²) in [7, 11) is 1.50. The maximum Gasteiger partial charge on any atom is 0.261 e. The van der Waals surface area contributed by atoms with Gasteiger partial charge in [-0.3, -0.25) is 10.1 Å². The highest BCUT2D eigenvalue weighted by Crippen LogP contribution is 2.35. The summed E-state index contributed by atoms with van der Waals surface area (Å²) in [6.07, 6.45) is 0. The van der Waals surface area contributed by atoms with Crippen LogP contribution in [0.5, 0.6) is 5.75 Å². The molecule has 0 atom stereocenters. The van der Waals surface area contributed by atoms with E-state index < -0.39 is 0 Å². The Hall–Kier alpha value is -1.93. The number of ether oxygens (including phenoxy) is 1. The SMILES string of the molecule is COc1ccccc1C(=O)NC(=S)Nc1nc2c(Cl)c(Cl)ccc2s1. The first kappa shape index (κ1) is 17.9. The number of para-hydroxylation sites is 1. The highest BCUT2D eigenvalue weighted by atomic mass is 35.5. The van der Waals surface area contributed by atoms with E-state index in [9.17, 15) is 4.79 Å². The van der Waals surface area contributed by atoms with Crippen molar-refractivity contribution in [1.82, 2.24) is 10.3 Å². The summed E-state index contributed by atoms with van der Waals surface area (Å²) < 4.78 is 6.03. The van der Waals surface area contributed by atoms with E-state index in [1.807, 2.05) is 6.07 Å². The molecule has 0 saturated heterocycles. The van der Waals surface area contributed by atoms with Crippen LogP contribution < -0.4 is 15.4 Å². The Kier molecular flexibility index (Phi) is 5.39. The summed E-state index contributed by atoms with van der Waals surface area (Å²) in [4.78, 5) is 16.7. The van der Waals surface area contributed by atoms with Crippen molar-refractivity contribution in [3.8, 4) is 5.75 Å². The van der Waals surface area contributed by atoms with Crippen LogP contribution in [0, 0.1) is 0 Å². The first-order valence-corrected chi connectivity index (χ1v) is 8.97. The van der Waals surface area contributed by atoms with Gasteiger partial charge in [0.25, 0.3) is 5.91 Å². The number of thiocarbonyl (C=S) groups is 1. The lowest BCUT2D eigenvalue weighted by molar-refractivity contribution is 0.0975. The topological polar surface area (TPSA) is 63.2 Å². The first-order chi connectivity index (χ1) is 12.0. The first-order valence-electron chi connectivity index (χ1n) is 6.99. The number of fused-ring (bicyclic) bond motifs is 1. The molecule has 5 nitrogen and oxygen atoms in total. The number of benzene rings is 2. The van der Waals surface area contributed by atoms with Crippen molar-refractivity contribution in [1.29, 1.82) is 0 Å². The van der Waals surface area contributed by atoms with Crippen LogP contribution in [-0.2, 0) is 0 Å². The molecule has 3 rings (SSSR count). The van der Waals surface area contributed by atoms with Gasteiger partial charge in [0.2, 0.25) is 0 Å². The van der Waals surface area contributed by atoms with E-state index in [0.717, 1.165) is 4.70 Å². The van der Waals surface area contributed by atoms with E-state index in [0.29, 0.717) is 32.0 Å². The third-order valence-corrected chi connectivity index (χ3v) is 5.19. The summed E-state index contributed by atoms with van der Waals surface area (Å²) in [5, 5.41) is 6.92. The van der Waals surface area contributed by atoms with Gasteiger partial charge in [0.15, 0.2) is 10.2 Å². The highest BCUT2D eigenvalue weighted by Gasteiger charge is 2.15. The quantitative estimate of drug-likeness (QED) is 0.609. The lowest BCUT2D eigenvalue weighted by Gasteiger charge is -2.09. The molecule has 0 unspecified atom stereocenters. The second-order valence-electron chi connectivity index (χ2n) is 4.84. The molecule has 1 aromatic heterocycles. The zero-order valence-electron chi connectivity index (χ0n) is 12.8. The number of thiazole rings is 1. The predicted octanol–water partition coefficient (Wildman–Crippen LogP) is 4.74. The van der Waals surface area contributed by atoms with E-state index in [4.69, 9.17) is 40.2 Å². The molecule has 0 saturated carbocycles. The number of carbonyl (C=O) groups is 1. The molecule has 0 fully saturated rings. The van der Waals surface area contributed by atoms with E-state index in [2.05, 4.69) is 15.6 Å². The number of hydrogen-bond donors (Lipinski definition) is 2. The number of carbonyl (C=O) groups excluding carboxylic acids is 1. The number of amides is 1. The Morgan fingerprint density at radius 3 is 2.76 bits per heavy atom. The van der Waals surface area contributed by atoms with E-state index in [1.54, 1.807) is 30.3 Å². The fourth-order valence-electron chi connectivity index (χ4n) is 2.12. The number of methoxy groups -OCH3 is 1. The summed E-state index contributed by atoms with van der Waals surface area (Å²) in [6, 6.07) is 10.4. The van der Waals surface area contributed by atoms with Gasteiger partial charge in [0, 0.05) is 0 Å². The molecule has 0 aliphatic carbocycles. The van der Waals surface area contributed by atoms with Crippen molar-refractivity contribution < 1.29 is 9.53 Å². The van der Waals surface area contributed by atoms with Gasteiger partial charge < -0.3 is 10.1 Å². The largest absolute Gasteiger partial charge is 0.496 e. The number of rotatable bonds is 3. The van der Waals surface area contributed by atoms with Crippen molar-refractivity contribution in [2.24, 2.45) is 0 Å². The average Bonchev–Trinajstić information content (AvgIpc) is 3.01. The number of aromatic nitrogens is 1. The van der Waals surface area contributed by atoms with Crippen LogP contribution in [0.25, 0.3) is 10.2 Å². The molecule has 3 aromatic rings. The van der Waals surface area contributed by atoms with E-state index in [-0.39, 0.29) is 11.0 Å². The third-order valence-electron chi connectivity index (χ3n) is 3.25. The van der Waals surface area contributed by atoms with Gasteiger partial charge in [0.05, 0.1) is 27.4 Å². The summed E-state index contributed by atoms with van der Waals surface area (Å²) in [6.45, 7) is 0. The minimum Gasteiger partial charge on any atom is -0.496 e. The molecule has 0 spiro atoms. The van der Waals surface area contributed by atoms with Gasteiger partial charge in [-0.25, -0.2) is 4.98 Å². The highest BCUT2D eigenvalue weighted by molar-refractivity contribution is 7.80. The lowest BCUT2D eigenvalue weighted by atomic mass is 10.2. The fraction of sp³-hybridized carbons (Fsp3) is 0.0625. The molecule has 25 heavy (non-hydrogen) atoms. The van der Waals surface area contributed by atoms with Crippen LogP contribution in [-0.4, -0.2) is 23.1 Å². The van der Waals surface area contributed by atoms with Crippen molar-refractivity contribution in [3.63, 3.8) is 0 Å². The Morgan fingerprint density at radius 2 is 2.00 bits per heavy atom. The molecular formula is C16H11Cl2N3O2S2. The van der Waals surface area contributed by atoms with E-state index >= 15 is 0 Å². The number of nitrogens with one attached hydrogen (secondary N) is 2. The minimum absolute atomic E-state index is 0.122. The molecule has 2 N–H and O–H groups in total. The van der Waals surface area contributed by atoms with Crippen LogP contribution in [0.3, 0.4) is 0 Å². The van der Waals surface area contributed by atoms with Gasteiger partial charge in [-0.15, -0.1) is 0 Å². The van der Waals surface area contributed by atoms with Crippen LogP contribution in [0.1, 0.15) is 10.4 Å². The van der Waals surface area contributed by atoms with Crippen LogP contribution in [0.4, 0.5) is 5.13 Å². The molecule has 1 heterocycles. The number of halogens is 2. The molecular weight excluding hydrogens is 401 g/mol. The number of hydrogen-bond acceptors (Lipinski definition) is 5. The predicted molar refractivity (Wildman–Crippen MR) is 106 cm³/mol. The molecule has 0 bridgehead atoms. The van der Waals surface area contributed by atoms with Gasteiger partial charge in [-0.1, -0.05) is 46.7 Å². The van der Waals surface area contributed by atoms with Crippen LogP contribution in [0.2, 0.25) is 10.0 Å². The molecule has 0 aliphatic heterocycles. The summed E-state index contributed by atoms with van der Waals surface area (Å²) in [5.41, 5.74) is 0.966. The zero-order valence-corrected chi connectivity index (χ0v) is 15.9. The van der Waals surface area contributed by atoms with Crippen molar-refractivity contribution in [2.75, 3.05) is 12.4 Å². The smallest absolute Gasteiger partial charge is 0.261 e. The Labute approximate surface area is 162 Å². The minimum atomic E-state index is -0.378. The Bertz CT molecular complexity index is 975. The second-order valence-corrected chi connectivity index (χ2v) is 7.06. The monoisotopic (exact) mass is 411 g/mol. The maximum atomic E-state index is 12.3. The van der Waals surface area contributed by atoms with Crippen molar-refractivity contribution in [2.45, 2.75) is 0 Å². The Balaban J connectivity index is 1.74. The van der Waals surface area contributed by atoms with Gasteiger partial charge in [-0.05, 0) is 36.5 Å². The van der Waals surface area contributed by atoms with Gasteiger partial charge >= 0.3 is 0 Å².